The van der Waals surface area contributed by atoms with Crippen LogP contribution in [-0.4, -0.2) is 11.1 Å². The van der Waals surface area contributed by atoms with Gasteiger partial charge in [0.1, 0.15) is 5.82 Å². The third-order valence-corrected chi connectivity index (χ3v) is 3.21. The topological polar surface area (TPSA) is 37.3 Å². The van der Waals surface area contributed by atoms with Gasteiger partial charge < -0.3 is 5.11 Å². The Labute approximate surface area is 87.7 Å². The van der Waals surface area contributed by atoms with Crippen molar-refractivity contribution >= 4 is 5.97 Å². The lowest BCUT2D eigenvalue weighted by Gasteiger charge is -2.38. The second-order valence-corrected chi connectivity index (χ2v) is 4.26. The van der Waals surface area contributed by atoms with Gasteiger partial charge in [-0.15, -0.1) is 0 Å². The lowest BCUT2D eigenvalue weighted by molar-refractivity contribution is -0.147. The highest BCUT2D eigenvalue weighted by atomic mass is 19.1. The van der Waals surface area contributed by atoms with Crippen LogP contribution in [0.4, 0.5) is 4.39 Å². The van der Waals surface area contributed by atoms with Crippen LogP contribution in [0.5, 0.6) is 0 Å². The van der Waals surface area contributed by atoms with Gasteiger partial charge in [-0.05, 0) is 43.0 Å². The van der Waals surface area contributed by atoms with Crippen LogP contribution >= 0.6 is 0 Å². The van der Waals surface area contributed by atoms with Gasteiger partial charge in [-0.1, -0.05) is 12.5 Å². The zero-order chi connectivity index (χ0) is 11.1. The van der Waals surface area contributed by atoms with Crippen molar-refractivity contribution in [2.75, 3.05) is 0 Å². The number of carboxylic acids is 1. The van der Waals surface area contributed by atoms with Crippen LogP contribution in [0.1, 0.15) is 30.4 Å². The molecule has 0 radical (unpaired) electrons. The summed E-state index contributed by atoms with van der Waals surface area (Å²) in [6.07, 6.45) is 2.14. The maximum absolute atomic E-state index is 13.2. The minimum absolute atomic E-state index is 0.350. The molecule has 1 aliphatic carbocycles. The molecule has 2 nitrogen and oxygen atoms in total. The molecule has 0 aromatic heterocycles. The summed E-state index contributed by atoms with van der Waals surface area (Å²) in [7, 11) is 0. The molecular weight excluding hydrogens is 195 g/mol. The quantitative estimate of drug-likeness (QED) is 0.811. The van der Waals surface area contributed by atoms with Gasteiger partial charge in [0.2, 0.25) is 0 Å². The zero-order valence-corrected chi connectivity index (χ0v) is 8.59. The highest BCUT2D eigenvalue weighted by Gasteiger charge is 2.46. The van der Waals surface area contributed by atoms with E-state index in [1.54, 1.807) is 13.0 Å². The van der Waals surface area contributed by atoms with Gasteiger partial charge >= 0.3 is 5.97 Å². The number of rotatable bonds is 2. The number of carboxylic acid groups (broad SMARTS) is 1. The Morgan fingerprint density at radius 2 is 2.07 bits per heavy atom. The molecule has 0 amide bonds. The maximum atomic E-state index is 13.2. The molecule has 15 heavy (non-hydrogen) atoms. The molecule has 0 aliphatic heterocycles. The summed E-state index contributed by atoms with van der Waals surface area (Å²) in [6, 6.07) is 4.54. The zero-order valence-electron chi connectivity index (χ0n) is 8.59. The predicted molar refractivity (Wildman–Crippen MR) is 54.3 cm³/mol. The highest BCUT2D eigenvalue weighted by molar-refractivity contribution is 5.82. The van der Waals surface area contributed by atoms with E-state index in [1.807, 2.05) is 0 Å². The van der Waals surface area contributed by atoms with Gasteiger partial charge in [0.25, 0.3) is 0 Å². The Bertz CT molecular complexity index is 388. The lowest BCUT2D eigenvalue weighted by Crippen LogP contribution is -2.42. The van der Waals surface area contributed by atoms with Gasteiger partial charge in [-0.25, -0.2) is 4.39 Å². The van der Waals surface area contributed by atoms with E-state index < -0.39 is 11.4 Å². The maximum Gasteiger partial charge on any atom is 0.314 e. The Morgan fingerprint density at radius 1 is 1.40 bits per heavy atom. The number of halogens is 1. The average Bonchev–Trinajstić information content (AvgIpc) is 1.97. The summed E-state index contributed by atoms with van der Waals surface area (Å²) in [4.78, 5) is 11.2. The number of hydrogen-bond acceptors (Lipinski definition) is 1. The summed E-state index contributed by atoms with van der Waals surface area (Å²) < 4.78 is 13.2. The van der Waals surface area contributed by atoms with E-state index >= 15 is 0 Å². The molecule has 0 saturated heterocycles. The molecule has 1 N–H and O–H groups in total. The summed E-state index contributed by atoms with van der Waals surface area (Å²) in [5.74, 6) is -1.18. The number of benzene rings is 1. The van der Waals surface area contributed by atoms with Crippen LogP contribution in [0.2, 0.25) is 0 Å². The van der Waals surface area contributed by atoms with Gasteiger partial charge in [0.05, 0.1) is 5.41 Å². The number of aryl methyl sites for hydroxylation is 1. The van der Waals surface area contributed by atoms with Crippen LogP contribution in [0.15, 0.2) is 18.2 Å². The molecule has 1 aliphatic rings. The first kappa shape index (κ1) is 10.1. The van der Waals surface area contributed by atoms with Gasteiger partial charge in [0.15, 0.2) is 0 Å². The monoisotopic (exact) mass is 208 g/mol. The SMILES string of the molecule is Cc1cc(F)cc(C2(C(=O)O)CCC2)c1. The Balaban J connectivity index is 2.47. The summed E-state index contributed by atoms with van der Waals surface area (Å²) in [5.41, 5.74) is 0.559. The molecule has 0 bridgehead atoms. The number of aliphatic carboxylic acids is 1. The molecule has 1 fully saturated rings. The van der Waals surface area contributed by atoms with E-state index in [9.17, 15) is 14.3 Å². The summed E-state index contributed by atoms with van der Waals surface area (Å²) in [6.45, 7) is 1.78. The molecule has 0 heterocycles. The van der Waals surface area contributed by atoms with Crippen molar-refractivity contribution in [1.82, 2.24) is 0 Å². The minimum Gasteiger partial charge on any atom is -0.481 e. The fourth-order valence-electron chi connectivity index (χ4n) is 2.17. The van der Waals surface area contributed by atoms with Gasteiger partial charge in [-0.2, -0.15) is 0 Å². The van der Waals surface area contributed by atoms with Gasteiger partial charge in [-0.3, -0.25) is 4.79 Å². The summed E-state index contributed by atoms with van der Waals surface area (Å²) in [5, 5.41) is 9.20. The standard InChI is InChI=1S/C12H13FO2/c1-8-5-9(7-10(13)6-8)12(11(14)15)3-2-4-12/h5-7H,2-4H2,1H3,(H,14,15). The van der Waals surface area contributed by atoms with Gasteiger partial charge in [0, 0.05) is 0 Å². The van der Waals surface area contributed by atoms with E-state index in [0.29, 0.717) is 18.4 Å². The molecule has 3 heteroatoms. The normalized spacial score (nSPS) is 18.3. The van der Waals surface area contributed by atoms with Crippen LogP contribution in [0.3, 0.4) is 0 Å². The van der Waals surface area contributed by atoms with Crippen molar-refractivity contribution < 1.29 is 14.3 Å². The lowest BCUT2D eigenvalue weighted by atomic mass is 9.64. The first-order valence-electron chi connectivity index (χ1n) is 5.06. The van der Waals surface area contributed by atoms with Crippen molar-refractivity contribution in [3.8, 4) is 0 Å². The third-order valence-electron chi connectivity index (χ3n) is 3.21. The second-order valence-electron chi connectivity index (χ2n) is 4.26. The predicted octanol–water partition coefficient (Wildman–Crippen LogP) is 2.64. The van der Waals surface area contributed by atoms with Crippen molar-refractivity contribution in [2.24, 2.45) is 0 Å². The smallest absolute Gasteiger partial charge is 0.314 e. The minimum atomic E-state index is -0.834. The molecule has 2 rings (SSSR count). The van der Waals surface area contributed by atoms with E-state index in [1.165, 1.54) is 12.1 Å². The van der Waals surface area contributed by atoms with E-state index in [4.69, 9.17) is 0 Å². The molecule has 80 valence electrons. The fraction of sp³-hybridized carbons (Fsp3) is 0.417. The van der Waals surface area contributed by atoms with Crippen LogP contribution in [0.25, 0.3) is 0 Å². The highest BCUT2D eigenvalue weighted by Crippen LogP contribution is 2.44. The largest absolute Gasteiger partial charge is 0.481 e. The van der Waals surface area contributed by atoms with E-state index in [2.05, 4.69) is 0 Å². The van der Waals surface area contributed by atoms with E-state index in [-0.39, 0.29) is 5.82 Å². The molecule has 1 aromatic carbocycles. The Kier molecular flexibility index (Phi) is 2.25. The molecule has 1 saturated carbocycles. The number of hydrogen-bond donors (Lipinski definition) is 1. The molecular formula is C12H13FO2. The van der Waals surface area contributed by atoms with Crippen molar-refractivity contribution in [3.05, 3.63) is 35.1 Å². The molecule has 0 unspecified atom stereocenters. The first-order valence-corrected chi connectivity index (χ1v) is 5.06. The second kappa shape index (κ2) is 3.33. The van der Waals surface area contributed by atoms with E-state index in [0.717, 1.165) is 12.0 Å². The van der Waals surface area contributed by atoms with Crippen LogP contribution in [0, 0.1) is 12.7 Å². The molecule has 0 atom stereocenters. The average molecular weight is 208 g/mol. The van der Waals surface area contributed by atoms with Crippen LogP contribution in [-0.2, 0) is 10.2 Å². The van der Waals surface area contributed by atoms with Crippen molar-refractivity contribution in [2.45, 2.75) is 31.6 Å². The van der Waals surface area contributed by atoms with Crippen LogP contribution < -0.4 is 0 Å². The van der Waals surface area contributed by atoms with Crippen molar-refractivity contribution in [1.29, 1.82) is 0 Å². The summed E-state index contributed by atoms with van der Waals surface area (Å²) >= 11 is 0. The third kappa shape index (κ3) is 1.52. The number of carbonyl (C=O) groups is 1. The first-order chi connectivity index (χ1) is 7.04. The Morgan fingerprint density at radius 3 is 2.47 bits per heavy atom. The molecule has 1 aromatic rings. The molecule has 0 spiro atoms. The Hall–Kier alpha value is -1.38. The fourth-order valence-corrected chi connectivity index (χ4v) is 2.17. The van der Waals surface area contributed by atoms with Crippen molar-refractivity contribution in [3.63, 3.8) is 0 Å².